The molecule has 0 aromatic heterocycles. The molecule has 0 radical (unpaired) electrons. The van der Waals surface area contributed by atoms with E-state index in [4.69, 9.17) is 15.6 Å². The molecule has 0 spiro atoms. The van der Waals surface area contributed by atoms with Crippen molar-refractivity contribution in [3.63, 3.8) is 0 Å². The van der Waals surface area contributed by atoms with Crippen molar-refractivity contribution in [1.82, 2.24) is 0 Å². The molecule has 6 heteroatoms. The van der Waals surface area contributed by atoms with Crippen molar-refractivity contribution in [3.05, 3.63) is 0 Å². The number of hydrogen-bond donors (Lipinski definition) is 5. The third-order valence-corrected chi connectivity index (χ3v) is 2.20. The van der Waals surface area contributed by atoms with Crippen molar-refractivity contribution >= 4 is 0 Å². The number of rotatable bonds is 3. The highest BCUT2D eigenvalue weighted by atomic mass is 16.6. The van der Waals surface area contributed by atoms with Gasteiger partial charge in [0.05, 0.1) is 12.7 Å². The number of hydrogen-bond acceptors (Lipinski definition) is 6. The van der Waals surface area contributed by atoms with E-state index < -0.39 is 37.1 Å². The first-order chi connectivity index (χ1) is 6.11. The fraction of sp³-hybridized carbons (Fsp3) is 1.00. The fourth-order valence-corrected chi connectivity index (χ4v) is 1.39. The van der Waals surface area contributed by atoms with Gasteiger partial charge in [0.2, 0.25) is 0 Å². The van der Waals surface area contributed by atoms with Gasteiger partial charge in [-0.3, -0.25) is 0 Å². The summed E-state index contributed by atoms with van der Waals surface area (Å²) in [6, 6.07) is 0. The van der Waals surface area contributed by atoms with Crippen LogP contribution in [-0.2, 0) is 4.74 Å². The molecule has 0 aromatic carbocycles. The first-order valence-electron chi connectivity index (χ1n) is 4.12. The molecule has 0 aliphatic carbocycles. The largest absolute Gasteiger partial charge is 0.394 e. The van der Waals surface area contributed by atoms with E-state index in [-0.39, 0.29) is 6.54 Å². The van der Waals surface area contributed by atoms with Crippen molar-refractivity contribution in [1.29, 1.82) is 0 Å². The lowest BCUT2D eigenvalue weighted by Gasteiger charge is -2.18. The second-order valence-corrected chi connectivity index (χ2v) is 3.11. The molecule has 13 heavy (non-hydrogen) atoms. The maximum Gasteiger partial charge on any atom is 0.115 e. The van der Waals surface area contributed by atoms with Crippen molar-refractivity contribution in [2.24, 2.45) is 5.73 Å². The van der Waals surface area contributed by atoms with Crippen LogP contribution in [-0.4, -0.2) is 64.1 Å². The second-order valence-electron chi connectivity index (χ2n) is 3.11. The molecule has 6 N–H and O–H groups in total. The maximum absolute atomic E-state index is 9.36. The van der Waals surface area contributed by atoms with Gasteiger partial charge >= 0.3 is 0 Å². The van der Waals surface area contributed by atoms with Crippen LogP contribution in [0.15, 0.2) is 0 Å². The van der Waals surface area contributed by atoms with Crippen LogP contribution in [0, 0.1) is 0 Å². The molecular weight excluding hydrogens is 178 g/mol. The zero-order valence-electron chi connectivity index (χ0n) is 7.08. The van der Waals surface area contributed by atoms with Crippen molar-refractivity contribution in [2.45, 2.75) is 30.5 Å². The van der Waals surface area contributed by atoms with Crippen LogP contribution in [0.2, 0.25) is 0 Å². The zero-order chi connectivity index (χ0) is 10.0. The van der Waals surface area contributed by atoms with Gasteiger partial charge in [0.25, 0.3) is 0 Å². The van der Waals surface area contributed by atoms with Gasteiger partial charge in [-0.15, -0.1) is 0 Å². The van der Waals surface area contributed by atoms with Crippen LogP contribution in [0.3, 0.4) is 0 Å². The highest BCUT2D eigenvalue weighted by Crippen LogP contribution is 2.22. The summed E-state index contributed by atoms with van der Waals surface area (Å²) in [5.41, 5.74) is 5.25. The monoisotopic (exact) mass is 193 g/mol. The van der Waals surface area contributed by atoms with Gasteiger partial charge in [0, 0.05) is 6.54 Å². The normalized spacial score (nSPS) is 42.2. The van der Waals surface area contributed by atoms with Gasteiger partial charge in [-0.1, -0.05) is 0 Å². The number of ether oxygens (including phenoxy) is 1. The van der Waals surface area contributed by atoms with Gasteiger partial charge in [0.1, 0.15) is 24.4 Å². The van der Waals surface area contributed by atoms with Crippen LogP contribution in [0.4, 0.5) is 0 Å². The smallest absolute Gasteiger partial charge is 0.115 e. The molecule has 5 atom stereocenters. The number of nitrogens with two attached hydrogens (primary N) is 1. The Kier molecular flexibility index (Phi) is 3.60. The van der Waals surface area contributed by atoms with Gasteiger partial charge < -0.3 is 30.9 Å². The molecule has 0 bridgehead atoms. The van der Waals surface area contributed by atoms with Crippen LogP contribution in [0.1, 0.15) is 0 Å². The zero-order valence-corrected chi connectivity index (χ0v) is 7.08. The van der Waals surface area contributed by atoms with Gasteiger partial charge in [-0.25, -0.2) is 0 Å². The average Bonchev–Trinajstić information content (AvgIpc) is 2.43. The van der Waals surface area contributed by atoms with E-state index in [1.807, 2.05) is 0 Å². The Morgan fingerprint density at radius 2 is 1.92 bits per heavy atom. The van der Waals surface area contributed by atoms with Crippen molar-refractivity contribution < 1.29 is 25.2 Å². The van der Waals surface area contributed by atoms with E-state index in [0.29, 0.717) is 0 Å². The minimum absolute atomic E-state index is 0.0624. The van der Waals surface area contributed by atoms with Crippen LogP contribution in [0.25, 0.3) is 0 Å². The van der Waals surface area contributed by atoms with Gasteiger partial charge in [-0.05, 0) is 0 Å². The molecule has 0 amide bonds. The molecule has 1 saturated heterocycles. The quantitative estimate of drug-likeness (QED) is 0.322. The first-order valence-corrected chi connectivity index (χ1v) is 4.12. The van der Waals surface area contributed by atoms with Crippen LogP contribution >= 0.6 is 0 Å². The predicted molar refractivity (Wildman–Crippen MR) is 42.8 cm³/mol. The minimum atomic E-state index is -1.20. The molecule has 0 saturated carbocycles. The first kappa shape index (κ1) is 10.8. The molecule has 1 fully saturated rings. The van der Waals surface area contributed by atoms with E-state index in [2.05, 4.69) is 0 Å². The van der Waals surface area contributed by atoms with Crippen molar-refractivity contribution in [2.75, 3.05) is 13.2 Å². The molecule has 1 aliphatic rings. The standard InChI is InChI=1S/C7H15NO5/c8-1-4-5(11)6(12)7(13-4)3(10)2-9/h3-7,9-12H,1-2,8H2/t3-,4-,5-,6-,7-/m1/s1. The third kappa shape index (κ3) is 1.98. The molecule has 1 rings (SSSR count). The summed E-state index contributed by atoms with van der Waals surface area (Å²) in [7, 11) is 0. The highest BCUT2D eigenvalue weighted by Gasteiger charge is 2.44. The Hall–Kier alpha value is -0.240. The van der Waals surface area contributed by atoms with Gasteiger partial charge in [0.15, 0.2) is 0 Å². The summed E-state index contributed by atoms with van der Waals surface area (Å²) < 4.78 is 5.05. The van der Waals surface area contributed by atoms with E-state index in [1.54, 1.807) is 0 Å². The summed E-state index contributed by atoms with van der Waals surface area (Å²) in [6.45, 7) is -0.460. The van der Waals surface area contributed by atoms with Crippen LogP contribution in [0.5, 0.6) is 0 Å². The molecule has 0 unspecified atom stereocenters. The maximum atomic E-state index is 9.36. The lowest BCUT2D eigenvalue weighted by atomic mass is 10.0. The Morgan fingerprint density at radius 3 is 2.31 bits per heavy atom. The summed E-state index contributed by atoms with van der Waals surface area (Å²) in [4.78, 5) is 0. The Labute approximate surface area is 75.6 Å². The van der Waals surface area contributed by atoms with E-state index in [9.17, 15) is 15.3 Å². The Morgan fingerprint density at radius 1 is 1.31 bits per heavy atom. The lowest BCUT2D eigenvalue weighted by molar-refractivity contribution is -0.0798. The fourth-order valence-electron chi connectivity index (χ4n) is 1.39. The molecular formula is C7H15NO5. The van der Waals surface area contributed by atoms with Gasteiger partial charge in [-0.2, -0.15) is 0 Å². The highest BCUT2D eigenvalue weighted by molar-refractivity contribution is 4.93. The summed E-state index contributed by atoms with van der Waals surface area (Å²) in [5, 5.41) is 36.5. The second kappa shape index (κ2) is 4.32. The molecule has 1 aliphatic heterocycles. The summed E-state index contributed by atoms with van der Waals surface area (Å²) >= 11 is 0. The molecule has 1 heterocycles. The summed E-state index contributed by atoms with van der Waals surface area (Å²) in [6.07, 6.45) is -5.14. The predicted octanol–water partition coefficient (Wildman–Crippen LogP) is -3.21. The summed E-state index contributed by atoms with van der Waals surface area (Å²) in [5.74, 6) is 0. The lowest BCUT2D eigenvalue weighted by Crippen LogP contribution is -2.40. The van der Waals surface area contributed by atoms with E-state index in [0.717, 1.165) is 0 Å². The Balaban J connectivity index is 2.60. The van der Waals surface area contributed by atoms with E-state index in [1.165, 1.54) is 0 Å². The molecule has 6 nitrogen and oxygen atoms in total. The molecule has 0 aromatic rings. The average molecular weight is 193 g/mol. The topological polar surface area (TPSA) is 116 Å². The van der Waals surface area contributed by atoms with Crippen molar-refractivity contribution in [3.8, 4) is 0 Å². The number of aliphatic hydroxyl groups excluding tert-OH is 4. The Bertz CT molecular complexity index is 167. The third-order valence-electron chi connectivity index (χ3n) is 2.20. The van der Waals surface area contributed by atoms with E-state index >= 15 is 0 Å². The molecule has 78 valence electrons. The van der Waals surface area contributed by atoms with Crippen LogP contribution < -0.4 is 5.73 Å². The number of aliphatic hydroxyl groups is 4. The SMILES string of the molecule is NC[C@H]1O[C@H]([C@H](O)CO)[C@H](O)[C@@H]1O. The minimum Gasteiger partial charge on any atom is -0.394 e.